The highest BCUT2D eigenvalue weighted by atomic mass is 35.5. The minimum Gasteiger partial charge on any atom is -0.480 e. The molecule has 1 aromatic carbocycles. The number of hydrogen-bond donors (Lipinski definition) is 2. The van der Waals surface area contributed by atoms with E-state index in [2.05, 4.69) is 5.32 Å². The van der Waals surface area contributed by atoms with Gasteiger partial charge in [-0.2, -0.15) is 0 Å². The van der Waals surface area contributed by atoms with Crippen molar-refractivity contribution in [3.8, 4) is 0 Å². The minimum absolute atomic E-state index is 0.610. The number of hydrogen-bond acceptors (Lipinski definition) is 2. The van der Waals surface area contributed by atoms with Crippen molar-refractivity contribution in [3.63, 3.8) is 0 Å². The Hall–Kier alpha value is -1.06. The molecule has 0 fully saturated rings. The molecule has 0 aliphatic heterocycles. The molecular formula is C11H14ClNO2. The first-order valence-corrected chi connectivity index (χ1v) is 5.24. The largest absolute Gasteiger partial charge is 0.480 e. The summed E-state index contributed by atoms with van der Waals surface area (Å²) in [6, 6.07) is 6.19. The average molecular weight is 228 g/mol. The van der Waals surface area contributed by atoms with E-state index in [0.717, 1.165) is 12.0 Å². The maximum atomic E-state index is 11.0. The second-order valence-electron chi connectivity index (χ2n) is 3.28. The Morgan fingerprint density at radius 3 is 2.53 bits per heavy atom. The normalized spacial score (nSPS) is 12.4. The van der Waals surface area contributed by atoms with Crippen LogP contribution in [0, 0.1) is 0 Å². The standard InChI is InChI=1S/C11H14ClNO2/c1-2-7-13-10(11(14)15)8-3-5-9(12)6-4-8/h3-6,10,13H,2,7H2,1H3,(H,14,15). The summed E-state index contributed by atoms with van der Waals surface area (Å²) in [4.78, 5) is 11.0. The van der Waals surface area contributed by atoms with Crippen molar-refractivity contribution >= 4 is 17.6 Å². The van der Waals surface area contributed by atoms with Crippen molar-refractivity contribution in [2.75, 3.05) is 6.54 Å². The molecule has 1 atom stereocenters. The number of benzene rings is 1. The molecule has 0 saturated heterocycles. The van der Waals surface area contributed by atoms with Gasteiger partial charge in [-0.15, -0.1) is 0 Å². The van der Waals surface area contributed by atoms with Gasteiger partial charge in [0.25, 0.3) is 0 Å². The molecule has 0 aromatic heterocycles. The predicted octanol–water partition coefficient (Wildman–Crippen LogP) is 2.47. The third-order valence-corrected chi connectivity index (χ3v) is 2.30. The number of rotatable bonds is 5. The van der Waals surface area contributed by atoms with E-state index in [0.29, 0.717) is 11.6 Å². The van der Waals surface area contributed by atoms with E-state index >= 15 is 0 Å². The molecule has 0 bridgehead atoms. The van der Waals surface area contributed by atoms with Gasteiger partial charge in [0.05, 0.1) is 0 Å². The highest BCUT2D eigenvalue weighted by molar-refractivity contribution is 6.30. The Balaban J connectivity index is 2.79. The summed E-state index contributed by atoms with van der Waals surface area (Å²) < 4.78 is 0. The zero-order valence-corrected chi connectivity index (χ0v) is 9.29. The molecule has 0 heterocycles. The van der Waals surface area contributed by atoms with Gasteiger partial charge in [0, 0.05) is 5.02 Å². The van der Waals surface area contributed by atoms with Gasteiger partial charge in [0.15, 0.2) is 0 Å². The van der Waals surface area contributed by atoms with Crippen LogP contribution in [0.1, 0.15) is 24.9 Å². The topological polar surface area (TPSA) is 49.3 Å². The molecule has 4 heteroatoms. The Bertz CT molecular complexity index is 324. The first kappa shape index (κ1) is 12.0. The van der Waals surface area contributed by atoms with Crippen LogP contribution in [0.25, 0.3) is 0 Å². The van der Waals surface area contributed by atoms with Crippen molar-refractivity contribution < 1.29 is 9.90 Å². The highest BCUT2D eigenvalue weighted by Crippen LogP contribution is 2.16. The van der Waals surface area contributed by atoms with Gasteiger partial charge in [-0.25, -0.2) is 0 Å². The van der Waals surface area contributed by atoms with Crippen molar-refractivity contribution in [2.24, 2.45) is 0 Å². The van der Waals surface area contributed by atoms with Crippen LogP contribution in [0.3, 0.4) is 0 Å². The Labute approximate surface area is 94.1 Å². The van der Waals surface area contributed by atoms with Gasteiger partial charge in [0.2, 0.25) is 0 Å². The van der Waals surface area contributed by atoms with Gasteiger partial charge in [0.1, 0.15) is 6.04 Å². The zero-order chi connectivity index (χ0) is 11.3. The van der Waals surface area contributed by atoms with E-state index in [1.54, 1.807) is 24.3 Å². The summed E-state index contributed by atoms with van der Waals surface area (Å²) in [5.41, 5.74) is 0.723. The Morgan fingerprint density at radius 1 is 1.47 bits per heavy atom. The lowest BCUT2D eigenvalue weighted by Gasteiger charge is -2.14. The molecular weight excluding hydrogens is 214 g/mol. The van der Waals surface area contributed by atoms with Crippen molar-refractivity contribution in [2.45, 2.75) is 19.4 Å². The van der Waals surface area contributed by atoms with Gasteiger partial charge in [-0.05, 0) is 30.7 Å². The summed E-state index contributed by atoms with van der Waals surface area (Å²) in [5.74, 6) is -0.870. The minimum atomic E-state index is -0.870. The second kappa shape index (κ2) is 5.73. The highest BCUT2D eigenvalue weighted by Gasteiger charge is 2.17. The average Bonchev–Trinajstić information content (AvgIpc) is 2.21. The van der Waals surface area contributed by atoms with Crippen LogP contribution in [0.2, 0.25) is 5.02 Å². The van der Waals surface area contributed by atoms with Crippen molar-refractivity contribution in [1.82, 2.24) is 5.32 Å². The molecule has 1 unspecified atom stereocenters. The number of carboxylic acids is 1. The fraction of sp³-hybridized carbons (Fsp3) is 0.364. The SMILES string of the molecule is CCCNC(C(=O)O)c1ccc(Cl)cc1. The van der Waals surface area contributed by atoms with E-state index in [1.165, 1.54) is 0 Å². The number of carboxylic acid groups (broad SMARTS) is 1. The molecule has 1 aromatic rings. The monoisotopic (exact) mass is 227 g/mol. The van der Waals surface area contributed by atoms with Gasteiger partial charge >= 0.3 is 5.97 Å². The van der Waals surface area contributed by atoms with E-state index in [4.69, 9.17) is 16.7 Å². The molecule has 2 N–H and O–H groups in total. The summed E-state index contributed by atoms with van der Waals surface area (Å²) >= 11 is 5.73. The molecule has 1 rings (SSSR count). The fourth-order valence-corrected chi connectivity index (χ4v) is 1.42. The third-order valence-electron chi connectivity index (χ3n) is 2.05. The number of carbonyl (C=O) groups is 1. The molecule has 0 aliphatic carbocycles. The molecule has 0 spiro atoms. The number of aliphatic carboxylic acids is 1. The third kappa shape index (κ3) is 3.53. The molecule has 0 amide bonds. The first-order valence-electron chi connectivity index (χ1n) is 4.86. The lowest BCUT2D eigenvalue weighted by Crippen LogP contribution is -2.28. The summed E-state index contributed by atoms with van der Waals surface area (Å²) in [7, 11) is 0. The smallest absolute Gasteiger partial charge is 0.325 e. The van der Waals surface area contributed by atoms with Crippen molar-refractivity contribution in [1.29, 1.82) is 0 Å². The second-order valence-corrected chi connectivity index (χ2v) is 3.71. The number of nitrogens with one attached hydrogen (secondary N) is 1. The zero-order valence-electron chi connectivity index (χ0n) is 8.53. The summed E-state index contributed by atoms with van der Waals surface area (Å²) in [6.45, 7) is 2.67. The predicted molar refractivity (Wildman–Crippen MR) is 60.1 cm³/mol. The summed E-state index contributed by atoms with van der Waals surface area (Å²) in [5, 5.41) is 12.6. The van der Waals surface area contributed by atoms with Crippen LogP contribution >= 0.6 is 11.6 Å². The van der Waals surface area contributed by atoms with Gasteiger partial charge in [-0.3, -0.25) is 4.79 Å². The van der Waals surface area contributed by atoms with Crippen LogP contribution in [0.5, 0.6) is 0 Å². The Morgan fingerprint density at radius 2 is 2.07 bits per heavy atom. The van der Waals surface area contributed by atoms with E-state index in [1.807, 2.05) is 6.92 Å². The van der Waals surface area contributed by atoms with Crippen LogP contribution < -0.4 is 5.32 Å². The van der Waals surface area contributed by atoms with Crippen LogP contribution in [-0.4, -0.2) is 17.6 Å². The molecule has 0 radical (unpaired) electrons. The summed E-state index contributed by atoms with van der Waals surface area (Å²) in [6.07, 6.45) is 0.900. The van der Waals surface area contributed by atoms with Crippen molar-refractivity contribution in [3.05, 3.63) is 34.9 Å². The van der Waals surface area contributed by atoms with Crippen LogP contribution in [-0.2, 0) is 4.79 Å². The first-order chi connectivity index (χ1) is 7.15. The molecule has 3 nitrogen and oxygen atoms in total. The number of halogens is 1. The lowest BCUT2D eigenvalue weighted by molar-refractivity contribution is -0.139. The lowest BCUT2D eigenvalue weighted by atomic mass is 10.1. The maximum absolute atomic E-state index is 11.0. The maximum Gasteiger partial charge on any atom is 0.325 e. The Kier molecular flexibility index (Phi) is 4.59. The fourth-order valence-electron chi connectivity index (χ4n) is 1.29. The molecule has 82 valence electrons. The molecule has 15 heavy (non-hydrogen) atoms. The van der Waals surface area contributed by atoms with Crippen LogP contribution in [0.4, 0.5) is 0 Å². The van der Waals surface area contributed by atoms with E-state index < -0.39 is 12.0 Å². The quantitative estimate of drug-likeness (QED) is 0.813. The van der Waals surface area contributed by atoms with Gasteiger partial charge in [-0.1, -0.05) is 30.7 Å². The van der Waals surface area contributed by atoms with E-state index in [9.17, 15) is 4.79 Å². The van der Waals surface area contributed by atoms with Gasteiger partial charge < -0.3 is 10.4 Å². The molecule has 0 aliphatic rings. The van der Waals surface area contributed by atoms with E-state index in [-0.39, 0.29) is 0 Å². The van der Waals surface area contributed by atoms with Crippen LogP contribution in [0.15, 0.2) is 24.3 Å². The molecule has 0 saturated carbocycles.